The van der Waals surface area contributed by atoms with Gasteiger partial charge in [-0.25, -0.2) is 5.14 Å². The van der Waals surface area contributed by atoms with E-state index >= 15 is 0 Å². The molecule has 0 amide bonds. The maximum Gasteiger partial charge on any atom is 0.333 e. The third-order valence-corrected chi connectivity index (χ3v) is 4.15. The Balaban J connectivity index is 1.87. The number of fused-ring (bicyclic) bond motifs is 3. The average Bonchev–Trinajstić information content (AvgIpc) is 2.78. The van der Waals surface area contributed by atoms with E-state index in [1.807, 2.05) is 0 Å². The summed E-state index contributed by atoms with van der Waals surface area (Å²) in [4.78, 5) is 0. The Bertz CT molecular complexity index is 561. The van der Waals surface area contributed by atoms with Crippen molar-refractivity contribution in [2.45, 2.75) is 63.4 Å². The largest absolute Gasteiger partial charge is 0.343 e. The molecule has 128 valence electrons. The minimum absolute atomic E-state index is 0.165. The van der Waals surface area contributed by atoms with Crippen molar-refractivity contribution in [3.63, 3.8) is 0 Å². The minimum atomic E-state index is -4.14. The van der Waals surface area contributed by atoms with Crippen LogP contribution in [0.1, 0.15) is 27.7 Å². The van der Waals surface area contributed by atoms with Gasteiger partial charge in [0.1, 0.15) is 24.9 Å². The molecule has 3 aliphatic rings. The van der Waals surface area contributed by atoms with Gasteiger partial charge in [-0.05, 0) is 27.7 Å². The monoisotopic (exact) mass is 339 g/mol. The predicted octanol–water partition coefficient (Wildman–Crippen LogP) is -0.395. The van der Waals surface area contributed by atoms with Gasteiger partial charge in [0.25, 0.3) is 0 Å². The first-order chi connectivity index (χ1) is 9.92. The van der Waals surface area contributed by atoms with Gasteiger partial charge in [-0.2, -0.15) is 8.42 Å². The van der Waals surface area contributed by atoms with E-state index in [4.69, 9.17) is 33.0 Å². The van der Waals surface area contributed by atoms with Crippen molar-refractivity contribution in [2.75, 3.05) is 13.2 Å². The van der Waals surface area contributed by atoms with E-state index in [0.29, 0.717) is 0 Å². The van der Waals surface area contributed by atoms with Crippen molar-refractivity contribution in [3.05, 3.63) is 0 Å². The molecular weight excluding hydrogens is 318 g/mol. The maximum absolute atomic E-state index is 11.1. The molecule has 1 unspecified atom stereocenters. The fourth-order valence-electron chi connectivity index (χ4n) is 3.11. The van der Waals surface area contributed by atoms with Crippen molar-refractivity contribution < 1.29 is 36.3 Å². The summed E-state index contributed by atoms with van der Waals surface area (Å²) < 4.78 is 55.9. The summed E-state index contributed by atoms with van der Waals surface area (Å²) in [5.74, 6) is -3.19. The zero-order chi connectivity index (χ0) is 16.4. The van der Waals surface area contributed by atoms with Crippen LogP contribution in [0.3, 0.4) is 0 Å². The van der Waals surface area contributed by atoms with Crippen molar-refractivity contribution in [1.29, 1.82) is 0 Å². The van der Waals surface area contributed by atoms with Gasteiger partial charge in [0.2, 0.25) is 5.79 Å². The summed E-state index contributed by atoms with van der Waals surface area (Å²) in [5.41, 5.74) is 0. The molecular formula is C12H21NO8S. The Morgan fingerprint density at radius 3 is 2.45 bits per heavy atom. The van der Waals surface area contributed by atoms with E-state index < -0.39 is 46.5 Å². The summed E-state index contributed by atoms with van der Waals surface area (Å²) in [5, 5.41) is 4.89. The highest BCUT2D eigenvalue weighted by molar-refractivity contribution is 7.84. The van der Waals surface area contributed by atoms with E-state index in [-0.39, 0.29) is 12.7 Å². The molecule has 0 aromatic carbocycles. The first kappa shape index (κ1) is 16.5. The number of ether oxygens (including phenoxy) is 5. The molecule has 0 bridgehead atoms. The standard InChI is InChI=1S/C12H21NO8S/c1-10(2)18-7-5-16-12(6-17-22(13,14)15)9(8(7)19-10)20-11(3,4)21-12/h7-9H,5-6H2,1-4H3,(H2,13,14,15)/t7-,8?,9+,12+/m1/s1. The van der Waals surface area contributed by atoms with Crippen molar-refractivity contribution in [1.82, 2.24) is 0 Å². The molecule has 3 aliphatic heterocycles. The first-order valence-electron chi connectivity index (χ1n) is 6.96. The Kier molecular flexibility index (Phi) is 3.63. The molecule has 0 spiro atoms. The van der Waals surface area contributed by atoms with Gasteiger partial charge in [-0.15, -0.1) is 0 Å². The third kappa shape index (κ3) is 3.02. The molecule has 0 aromatic heterocycles. The summed E-state index contributed by atoms with van der Waals surface area (Å²) in [6, 6.07) is 0. The van der Waals surface area contributed by atoms with Crippen LogP contribution in [-0.2, 0) is 38.2 Å². The minimum Gasteiger partial charge on any atom is -0.343 e. The molecule has 0 radical (unpaired) electrons. The van der Waals surface area contributed by atoms with Gasteiger partial charge in [0.05, 0.1) is 6.61 Å². The number of hydrogen-bond acceptors (Lipinski definition) is 8. The maximum atomic E-state index is 11.1. The summed E-state index contributed by atoms with van der Waals surface area (Å²) in [6.45, 7) is 6.71. The number of hydrogen-bond donors (Lipinski definition) is 1. The van der Waals surface area contributed by atoms with Gasteiger partial charge in [-0.3, -0.25) is 4.18 Å². The third-order valence-electron chi connectivity index (χ3n) is 3.70. The van der Waals surface area contributed by atoms with Crippen LogP contribution in [-0.4, -0.2) is 57.3 Å². The summed E-state index contributed by atoms with van der Waals surface area (Å²) >= 11 is 0. The lowest BCUT2D eigenvalue weighted by molar-refractivity contribution is -0.290. The zero-order valence-electron chi connectivity index (χ0n) is 12.9. The molecule has 3 rings (SSSR count). The molecule has 3 saturated heterocycles. The van der Waals surface area contributed by atoms with E-state index in [1.165, 1.54) is 0 Å². The Morgan fingerprint density at radius 1 is 1.14 bits per heavy atom. The molecule has 3 heterocycles. The highest BCUT2D eigenvalue weighted by atomic mass is 32.2. The van der Waals surface area contributed by atoms with Gasteiger partial charge < -0.3 is 23.7 Å². The van der Waals surface area contributed by atoms with Gasteiger partial charge in [0, 0.05) is 0 Å². The van der Waals surface area contributed by atoms with Crippen LogP contribution in [0.2, 0.25) is 0 Å². The van der Waals surface area contributed by atoms with Gasteiger partial charge in [0.15, 0.2) is 11.6 Å². The summed E-state index contributed by atoms with van der Waals surface area (Å²) in [7, 11) is -4.14. The quantitative estimate of drug-likeness (QED) is 0.739. The lowest BCUT2D eigenvalue weighted by atomic mass is 9.98. The van der Waals surface area contributed by atoms with Gasteiger partial charge >= 0.3 is 10.3 Å². The van der Waals surface area contributed by atoms with Crippen molar-refractivity contribution in [3.8, 4) is 0 Å². The predicted molar refractivity (Wildman–Crippen MR) is 71.6 cm³/mol. The van der Waals surface area contributed by atoms with Crippen molar-refractivity contribution in [2.24, 2.45) is 5.14 Å². The van der Waals surface area contributed by atoms with E-state index in [1.54, 1.807) is 27.7 Å². The van der Waals surface area contributed by atoms with Crippen LogP contribution < -0.4 is 5.14 Å². The Labute approximate surface area is 129 Å². The highest BCUT2D eigenvalue weighted by Gasteiger charge is 2.65. The first-order valence-corrected chi connectivity index (χ1v) is 8.43. The van der Waals surface area contributed by atoms with E-state index in [9.17, 15) is 8.42 Å². The second-order valence-corrected chi connectivity index (χ2v) is 7.78. The molecule has 22 heavy (non-hydrogen) atoms. The molecule has 0 saturated carbocycles. The normalized spacial score (nSPS) is 42.9. The molecule has 0 aliphatic carbocycles. The van der Waals surface area contributed by atoms with E-state index in [2.05, 4.69) is 0 Å². The zero-order valence-corrected chi connectivity index (χ0v) is 13.7. The van der Waals surface area contributed by atoms with Gasteiger partial charge in [-0.1, -0.05) is 0 Å². The second kappa shape index (κ2) is 4.84. The average molecular weight is 339 g/mol. The lowest BCUT2D eigenvalue weighted by Crippen LogP contribution is -2.60. The van der Waals surface area contributed by atoms with Crippen LogP contribution in [0.4, 0.5) is 0 Å². The fraction of sp³-hybridized carbons (Fsp3) is 1.00. The lowest BCUT2D eigenvalue weighted by Gasteiger charge is -2.40. The molecule has 10 heteroatoms. The van der Waals surface area contributed by atoms with Crippen LogP contribution in [0.25, 0.3) is 0 Å². The van der Waals surface area contributed by atoms with Crippen molar-refractivity contribution >= 4 is 10.3 Å². The fourth-order valence-corrected chi connectivity index (χ4v) is 3.44. The van der Waals surface area contributed by atoms with Crippen LogP contribution >= 0.6 is 0 Å². The SMILES string of the molecule is CC1(C)OC2[C@@H](CO[C@@]3(COS(N)(=O)=O)OC(C)(C)O[C@@H]23)O1. The number of rotatable bonds is 3. The van der Waals surface area contributed by atoms with Crippen LogP contribution in [0.15, 0.2) is 0 Å². The van der Waals surface area contributed by atoms with Crippen LogP contribution in [0.5, 0.6) is 0 Å². The van der Waals surface area contributed by atoms with Crippen LogP contribution in [0, 0.1) is 0 Å². The number of nitrogens with two attached hydrogens (primary N) is 1. The molecule has 9 nitrogen and oxygen atoms in total. The van der Waals surface area contributed by atoms with E-state index in [0.717, 1.165) is 0 Å². The summed E-state index contributed by atoms with van der Waals surface area (Å²) in [6.07, 6.45) is -1.50. The smallest absolute Gasteiger partial charge is 0.333 e. The Hall–Kier alpha value is -0.330. The highest BCUT2D eigenvalue weighted by Crippen LogP contribution is 2.47. The molecule has 2 N–H and O–H groups in total. The topological polar surface area (TPSA) is 116 Å². The molecule has 0 aromatic rings. The molecule has 4 atom stereocenters. The molecule has 3 fully saturated rings. The second-order valence-electron chi connectivity index (χ2n) is 6.56. The Morgan fingerprint density at radius 2 is 1.82 bits per heavy atom.